The molecule has 6 rings (SSSR count). The van der Waals surface area contributed by atoms with Gasteiger partial charge in [0.15, 0.2) is 0 Å². The summed E-state index contributed by atoms with van der Waals surface area (Å²) < 4.78 is 3.56. The molecule has 4 aromatic rings. The molecule has 0 saturated heterocycles. The van der Waals surface area contributed by atoms with Gasteiger partial charge in [-0.15, -0.1) is 10.2 Å². The number of aliphatic hydroxyl groups excluding tert-OH is 1. The van der Waals surface area contributed by atoms with E-state index in [0.29, 0.717) is 40.2 Å². The third-order valence-electron chi connectivity index (χ3n) is 7.79. The van der Waals surface area contributed by atoms with E-state index in [1.807, 2.05) is 16.7 Å². The Bertz CT molecular complexity index is 1680. The summed E-state index contributed by atoms with van der Waals surface area (Å²) in [6.07, 6.45) is 7.50. The lowest BCUT2D eigenvalue weighted by atomic mass is 9.90. The molecule has 1 fully saturated rings. The molecular formula is C29H33N7O3S. The number of aromatic nitrogens is 5. The minimum Gasteiger partial charge on any atom is -0.392 e. The third-order valence-corrected chi connectivity index (χ3v) is 8.79. The summed E-state index contributed by atoms with van der Waals surface area (Å²) in [4.78, 5) is 30.4. The van der Waals surface area contributed by atoms with Crippen molar-refractivity contribution in [3.8, 4) is 11.1 Å². The number of hydrogen-bond donors (Lipinski definition) is 3. The number of nitrogens with zero attached hydrogens (tertiary/aromatic N) is 5. The summed E-state index contributed by atoms with van der Waals surface area (Å²) in [6.45, 7) is 4.57. The molecule has 1 amide bonds. The molecule has 2 aliphatic carbocycles. The zero-order valence-electron chi connectivity index (χ0n) is 23.1. The number of rotatable bonds is 8. The Labute approximate surface area is 236 Å². The zero-order chi connectivity index (χ0) is 28.2. The third kappa shape index (κ3) is 4.84. The van der Waals surface area contributed by atoms with Gasteiger partial charge >= 0.3 is 0 Å². The van der Waals surface area contributed by atoms with Gasteiger partial charge in [0.05, 0.1) is 18.8 Å². The van der Waals surface area contributed by atoms with Crippen molar-refractivity contribution in [2.45, 2.75) is 58.6 Å². The molecule has 0 unspecified atom stereocenters. The van der Waals surface area contributed by atoms with E-state index in [2.05, 4.69) is 39.7 Å². The SMILES string of the molecule is CNC(=O)c1cc2c(n1Cc1nccc(-c3cc(Nc4nnc(C5CC5)s4)c(=O)n(C)c3)c1CO)CC(C)(C)C2. The van der Waals surface area contributed by atoms with E-state index in [1.165, 1.54) is 21.5 Å². The number of aryl methyl sites for hydroxylation is 1. The van der Waals surface area contributed by atoms with Crippen LogP contribution in [-0.4, -0.2) is 42.4 Å². The van der Waals surface area contributed by atoms with Gasteiger partial charge < -0.3 is 24.9 Å². The first-order chi connectivity index (χ1) is 19.2. The predicted molar refractivity (Wildman–Crippen MR) is 154 cm³/mol. The Morgan fingerprint density at radius 2 is 2.02 bits per heavy atom. The van der Waals surface area contributed by atoms with Crippen LogP contribution in [0, 0.1) is 5.41 Å². The van der Waals surface area contributed by atoms with Gasteiger partial charge in [-0.2, -0.15) is 0 Å². The number of amides is 1. The molecule has 0 spiro atoms. The molecule has 208 valence electrons. The number of fused-ring (bicyclic) bond motifs is 1. The molecule has 4 heterocycles. The lowest BCUT2D eigenvalue weighted by Gasteiger charge is -2.20. The summed E-state index contributed by atoms with van der Waals surface area (Å²) in [7, 11) is 3.33. The summed E-state index contributed by atoms with van der Waals surface area (Å²) in [5.74, 6) is 0.338. The topological polar surface area (TPSA) is 127 Å². The molecular weight excluding hydrogens is 526 g/mol. The zero-order valence-corrected chi connectivity index (χ0v) is 23.9. The number of carbonyl (C=O) groups is 1. The Hall–Kier alpha value is -3.83. The van der Waals surface area contributed by atoms with Crippen molar-refractivity contribution < 1.29 is 9.90 Å². The molecule has 1 saturated carbocycles. The van der Waals surface area contributed by atoms with Crippen molar-refractivity contribution in [1.29, 1.82) is 0 Å². The highest BCUT2D eigenvalue weighted by Crippen LogP contribution is 2.42. The van der Waals surface area contributed by atoms with Gasteiger partial charge in [0.1, 0.15) is 16.4 Å². The monoisotopic (exact) mass is 559 g/mol. The van der Waals surface area contributed by atoms with Crippen LogP contribution in [0.15, 0.2) is 35.4 Å². The van der Waals surface area contributed by atoms with Gasteiger partial charge in [-0.1, -0.05) is 25.2 Å². The second-order valence-corrected chi connectivity index (χ2v) is 12.5. The molecule has 0 bridgehead atoms. The second kappa shape index (κ2) is 9.97. The van der Waals surface area contributed by atoms with Crippen LogP contribution in [0.4, 0.5) is 10.8 Å². The first-order valence-corrected chi connectivity index (χ1v) is 14.3. The molecule has 0 aromatic carbocycles. The van der Waals surface area contributed by atoms with E-state index in [1.54, 1.807) is 32.6 Å². The molecule has 3 N–H and O–H groups in total. The molecule has 40 heavy (non-hydrogen) atoms. The van der Waals surface area contributed by atoms with Gasteiger partial charge in [-0.05, 0) is 60.4 Å². The number of nitrogens with one attached hydrogen (secondary N) is 2. The van der Waals surface area contributed by atoms with E-state index in [-0.39, 0.29) is 23.5 Å². The fourth-order valence-electron chi connectivity index (χ4n) is 5.65. The van der Waals surface area contributed by atoms with E-state index in [4.69, 9.17) is 0 Å². The van der Waals surface area contributed by atoms with Crippen LogP contribution < -0.4 is 16.2 Å². The van der Waals surface area contributed by atoms with E-state index in [0.717, 1.165) is 47.5 Å². The number of anilines is 2. The Kier molecular flexibility index (Phi) is 6.58. The van der Waals surface area contributed by atoms with Crippen molar-refractivity contribution in [2.75, 3.05) is 12.4 Å². The molecule has 0 radical (unpaired) electrons. The van der Waals surface area contributed by atoms with Crippen LogP contribution in [0.1, 0.15) is 70.6 Å². The summed E-state index contributed by atoms with van der Waals surface area (Å²) in [6, 6.07) is 5.61. The smallest absolute Gasteiger partial charge is 0.274 e. The van der Waals surface area contributed by atoms with Crippen LogP contribution in [0.3, 0.4) is 0 Å². The van der Waals surface area contributed by atoms with Crippen molar-refractivity contribution in [3.63, 3.8) is 0 Å². The highest BCUT2D eigenvalue weighted by molar-refractivity contribution is 7.15. The Morgan fingerprint density at radius 3 is 2.75 bits per heavy atom. The minimum absolute atomic E-state index is 0.118. The maximum Gasteiger partial charge on any atom is 0.274 e. The van der Waals surface area contributed by atoms with E-state index < -0.39 is 0 Å². The van der Waals surface area contributed by atoms with Crippen molar-refractivity contribution in [3.05, 3.63) is 74.2 Å². The van der Waals surface area contributed by atoms with Gasteiger partial charge in [-0.3, -0.25) is 14.6 Å². The number of hydrogen-bond acceptors (Lipinski definition) is 8. The summed E-state index contributed by atoms with van der Waals surface area (Å²) in [5.41, 5.74) is 6.08. The highest BCUT2D eigenvalue weighted by atomic mass is 32.1. The lowest BCUT2D eigenvalue weighted by molar-refractivity contribution is 0.0953. The average molecular weight is 560 g/mol. The van der Waals surface area contributed by atoms with E-state index >= 15 is 0 Å². The van der Waals surface area contributed by atoms with Crippen molar-refractivity contribution in [2.24, 2.45) is 12.5 Å². The van der Waals surface area contributed by atoms with Gasteiger partial charge in [0.25, 0.3) is 11.5 Å². The average Bonchev–Trinajstić information content (AvgIpc) is 3.49. The molecule has 0 atom stereocenters. The van der Waals surface area contributed by atoms with Crippen LogP contribution in [-0.2, 0) is 33.0 Å². The molecule has 0 aliphatic heterocycles. The molecule has 2 aliphatic rings. The molecule has 4 aromatic heterocycles. The molecule has 11 heteroatoms. The normalized spacial score (nSPS) is 15.7. The second-order valence-electron chi connectivity index (χ2n) is 11.5. The first kappa shape index (κ1) is 26.4. The molecule has 10 nitrogen and oxygen atoms in total. The number of pyridine rings is 2. The standard InChI is InChI=1S/C29H33N7O3S/c1-29(2)11-17-10-23(25(38)30-3)36(24(17)12-29)14-22-20(15-37)19(7-8-31-22)18-9-21(27(39)35(4)13-18)32-28-34-33-26(40-28)16-5-6-16/h7-10,13,16,37H,5-6,11-12,14-15H2,1-4H3,(H,30,38)(H,32,34). The van der Waals surface area contributed by atoms with Crippen LogP contribution in [0.25, 0.3) is 11.1 Å². The fraction of sp³-hybridized carbons (Fsp3) is 0.414. The number of aliphatic hydroxyl groups is 1. The van der Waals surface area contributed by atoms with Crippen molar-refractivity contribution >= 4 is 28.1 Å². The van der Waals surface area contributed by atoms with Crippen molar-refractivity contribution in [1.82, 2.24) is 29.6 Å². The van der Waals surface area contributed by atoms with E-state index in [9.17, 15) is 14.7 Å². The van der Waals surface area contributed by atoms with Gasteiger partial charge in [-0.25, -0.2) is 0 Å². The van der Waals surface area contributed by atoms with Crippen LogP contribution >= 0.6 is 11.3 Å². The quantitative estimate of drug-likeness (QED) is 0.300. The lowest BCUT2D eigenvalue weighted by Crippen LogP contribution is -2.24. The highest BCUT2D eigenvalue weighted by Gasteiger charge is 2.34. The largest absolute Gasteiger partial charge is 0.392 e. The maximum absolute atomic E-state index is 13.0. The fourth-order valence-corrected chi connectivity index (χ4v) is 6.57. The minimum atomic E-state index is -0.241. The number of carbonyl (C=O) groups excluding carboxylic acids is 1. The van der Waals surface area contributed by atoms with Crippen LogP contribution in [0.2, 0.25) is 0 Å². The predicted octanol–water partition coefficient (Wildman–Crippen LogP) is 3.75. The van der Waals surface area contributed by atoms with Gasteiger partial charge in [0, 0.05) is 49.2 Å². The van der Waals surface area contributed by atoms with Gasteiger partial charge in [0.2, 0.25) is 5.13 Å². The Balaban J connectivity index is 1.38. The Morgan fingerprint density at radius 1 is 1.23 bits per heavy atom. The summed E-state index contributed by atoms with van der Waals surface area (Å²) >= 11 is 1.47. The van der Waals surface area contributed by atoms with Crippen LogP contribution in [0.5, 0.6) is 0 Å². The first-order valence-electron chi connectivity index (χ1n) is 13.5. The summed E-state index contributed by atoms with van der Waals surface area (Å²) in [5, 5.41) is 26.5. The maximum atomic E-state index is 13.0.